The lowest BCUT2D eigenvalue weighted by atomic mass is 9.90. The average Bonchev–Trinajstić information content (AvgIpc) is 2.56. The van der Waals surface area contributed by atoms with E-state index in [1.807, 2.05) is 27.7 Å². The van der Waals surface area contributed by atoms with E-state index in [-0.39, 0.29) is 5.91 Å². The first-order chi connectivity index (χ1) is 8.82. The Kier molecular flexibility index (Phi) is 3.60. The van der Waals surface area contributed by atoms with Crippen LogP contribution in [0.2, 0.25) is 0 Å². The number of hydrogen-bond donors (Lipinski definition) is 1. The molecule has 0 saturated carbocycles. The molecule has 1 amide bonds. The minimum absolute atomic E-state index is 0.240. The topological polar surface area (TPSA) is 73.3 Å². The lowest BCUT2D eigenvalue weighted by molar-refractivity contribution is 0.00578. The van der Waals surface area contributed by atoms with Gasteiger partial charge < -0.3 is 14.6 Å². The molecule has 1 aromatic heterocycles. The number of carbonyl (C=O) groups excluding carboxylic acids is 1. The normalized spacial score (nSPS) is 20.3. The van der Waals surface area contributed by atoms with Crippen molar-refractivity contribution in [1.29, 1.82) is 0 Å². The highest BCUT2D eigenvalue weighted by atomic mass is 16.7. The number of amides is 1. The van der Waals surface area contributed by atoms with Gasteiger partial charge in [0.15, 0.2) is 0 Å². The second-order valence-electron chi connectivity index (χ2n) is 5.52. The van der Waals surface area contributed by atoms with Crippen molar-refractivity contribution >= 4 is 13.0 Å². The molecule has 7 heteroatoms. The molecule has 1 aliphatic heterocycles. The number of aromatic nitrogens is 2. The van der Waals surface area contributed by atoms with Crippen molar-refractivity contribution in [2.24, 2.45) is 0 Å². The monoisotopic (exact) mass is 263 g/mol. The van der Waals surface area contributed by atoms with Crippen LogP contribution in [0.4, 0.5) is 0 Å². The van der Waals surface area contributed by atoms with Crippen molar-refractivity contribution in [3.8, 4) is 0 Å². The first-order valence-corrected chi connectivity index (χ1v) is 6.21. The smallest absolute Gasteiger partial charge is 0.402 e. The molecule has 1 aliphatic rings. The molecule has 6 nitrogen and oxygen atoms in total. The van der Waals surface area contributed by atoms with Crippen molar-refractivity contribution in [3.63, 3.8) is 0 Å². The zero-order valence-corrected chi connectivity index (χ0v) is 11.6. The first-order valence-electron chi connectivity index (χ1n) is 6.21. The molecule has 0 atom stereocenters. The Hall–Kier alpha value is -1.47. The average molecular weight is 263 g/mol. The minimum atomic E-state index is -0.446. The Labute approximate surface area is 113 Å². The van der Waals surface area contributed by atoms with Gasteiger partial charge in [0.2, 0.25) is 0 Å². The van der Waals surface area contributed by atoms with Crippen molar-refractivity contribution in [2.75, 3.05) is 6.44 Å². The van der Waals surface area contributed by atoms with Crippen molar-refractivity contribution in [3.05, 3.63) is 24.3 Å². The fourth-order valence-electron chi connectivity index (χ4n) is 1.74. The lowest BCUT2D eigenvalue weighted by Gasteiger charge is -2.32. The van der Waals surface area contributed by atoms with E-state index in [0.717, 1.165) is 0 Å². The van der Waals surface area contributed by atoms with Gasteiger partial charge in [0, 0.05) is 12.4 Å². The number of rotatable bonds is 3. The summed E-state index contributed by atoms with van der Waals surface area (Å²) in [5.41, 5.74) is -0.365. The van der Waals surface area contributed by atoms with E-state index in [9.17, 15) is 4.79 Å². The summed E-state index contributed by atoms with van der Waals surface area (Å²) in [6, 6.07) is 0. The lowest BCUT2D eigenvalue weighted by Crippen LogP contribution is -2.41. The third-order valence-electron chi connectivity index (χ3n) is 3.55. The van der Waals surface area contributed by atoms with Crippen LogP contribution in [0.1, 0.15) is 38.1 Å². The predicted octanol–water partition coefficient (Wildman–Crippen LogP) is 0.838. The summed E-state index contributed by atoms with van der Waals surface area (Å²) >= 11 is 0. The van der Waals surface area contributed by atoms with Gasteiger partial charge in [-0.05, 0) is 27.7 Å². The van der Waals surface area contributed by atoms with Crippen LogP contribution in [0.25, 0.3) is 0 Å². The Morgan fingerprint density at radius 2 is 1.74 bits per heavy atom. The van der Waals surface area contributed by atoms with E-state index >= 15 is 0 Å². The molecular formula is C12H18BN3O3. The van der Waals surface area contributed by atoms with Crippen LogP contribution in [0.15, 0.2) is 18.7 Å². The number of carbonyl (C=O) groups is 1. The molecule has 1 saturated heterocycles. The Morgan fingerprint density at radius 3 is 2.26 bits per heavy atom. The molecule has 0 spiro atoms. The second-order valence-corrected chi connectivity index (χ2v) is 5.52. The summed E-state index contributed by atoms with van der Waals surface area (Å²) < 4.78 is 11.6. The highest BCUT2D eigenvalue weighted by Gasteiger charge is 2.50. The summed E-state index contributed by atoms with van der Waals surface area (Å²) in [5, 5.41) is 2.75. The fourth-order valence-corrected chi connectivity index (χ4v) is 1.74. The quantitative estimate of drug-likeness (QED) is 0.818. The van der Waals surface area contributed by atoms with E-state index in [2.05, 4.69) is 15.3 Å². The molecule has 0 aromatic carbocycles. The minimum Gasteiger partial charge on any atom is -0.402 e. The molecule has 19 heavy (non-hydrogen) atoms. The van der Waals surface area contributed by atoms with E-state index < -0.39 is 18.3 Å². The van der Waals surface area contributed by atoms with Crippen LogP contribution in [-0.2, 0) is 9.31 Å². The summed E-state index contributed by atoms with van der Waals surface area (Å²) in [7, 11) is -0.446. The van der Waals surface area contributed by atoms with E-state index in [0.29, 0.717) is 12.0 Å². The maximum absolute atomic E-state index is 11.8. The zero-order chi connectivity index (χ0) is 14.1. The maximum atomic E-state index is 11.8. The Balaban J connectivity index is 1.90. The van der Waals surface area contributed by atoms with E-state index in [1.165, 1.54) is 18.7 Å². The predicted molar refractivity (Wildman–Crippen MR) is 70.4 cm³/mol. The largest absolute Gasteiger partial charge is 0.478 e. The summed E-state index contributed by atoms with van der Waals surface area (Å²) in [6.07, 6.45) is 4.60. The van der Waals surface area contributed by atoms with Crippen LogP contribution >= 0.6 is 0 Å². The van der Waals surface area contributed by atoms with Crippen molar-refractivity contribution < 1.29 is 14.1 Å². The van der Waals surface area contributed by atoms with Crippen molar-refractivity contribution in [2.45, 2.75) is 38.9 Å². The number of nitrogens with one attached hydrogen (secondary N) is 1. The summed E-state index contributed by atoms with van der Waals surface area (Å²) in [4.78, 5) is 19.4. The van der Waals surface area contributed by atoms with Gasteiger partial charge in [0.25, 0.3) is 5.91 Å². The molecule has 0 bridgehead atoms. The number of nitrogens with zero attached hydrogens (tertiary/aromatic N) is 2. The maximum Gasteiger partial charge on any atom is 0.478 e. The van der Waals surface area contributed by atoms with Crippen LogP contribution in [-0.4, -0.2) is 40.6 Å². The van der Waals surface area contributed by atoms with Crippen LogP contribution in [0.5, 0.6) is 0 Å². The highest BCUT2D eigenvalue weighted by molar-refractivity contribution is 6.46. The molecule has 2 rings (SSSR count). The molecule has 0 unspecified atom stereocenters. The van der Waals surface area contributed by atoms with Gasteiger partial charge in [-0.2, -0.15) is 0 Å². The van der Waals surface area contributed by atoms with Gasteiger partial charge in [-0.1, -0.05) is 0 Å². The molecule has 1 fully saturated rings. The second kappa shape index (κ2) is 4.90. The standard InChI is InChI=1S/C12H18BN3O3/c1-11(2)12(3,4)19-13(18-11)7-16-10(17)9-5-14-8-15-6-9/h5-6,8H,7H2,1-4H3,(H,16,17). The van der Waals surface area contributed by atoms with Gasteiger partial charge in [0.1, 0.15) is 6.33 Å². The zero-order valence-electron chi connectivity index (χ0n) is 11.6. The molecule has 0 radical (unpaired) electrons. The highest BCUT2D eigenvalue weighted by Crippen LogP contribution is 2.36. The van der Waals surface area contributed by atoms with E-state index in [4.69, 9.17) is 9.31 Å². The fraction of sp³-hybridized carbons (Fsp3) is 0.583. The first kappa shape index (κ1) is 14.0. The van der Waals surface area contributed by atoms with Gasteiger partial charge in [-0.25, -0.2) is 9.97 Å². The Bertz CT molecular complexity index is 449. The van der Waals surface area contributed by atoms with Crippen LogP contribution in [0, 0.1) is 0 Å². The van der Waals surface area contributed by atoms with Gasteiger partial charge in [0.05, 0.1) is 23.2 Å². The number of hydrogen-bond acceptors (Lipinski definition) is 5. The summed E-state index contributed by atoms with van der Waals surface area (Å²) in [6.45, 7) is 7.89. The molecule has 1 aromatic rings. The summed E-state index contributed by atoms with van der Waals surface area (Å²) in [5.74, 6) is -0.240. The van der Waals surface area contributed by atoms with E-state index in [1.54, 1.807) is 0 Å². The van der Waals surface area contributed by atoms with Crippen molar-refractivity contribution in [1.82, 2.24) is 15.3 Å². The molecule has 102 valence electrons. The molecule has 1 N–H and O–H groups in total. The van der Waals surface area contributed by atoms with Gasteiger partial charge in [-0.3, -0.25) is 4.79 Å². The SMILES string of the molecule is CC1(C)OB(CNC(=O)c2cncnc2)OC1(C)C. The van der Waals surface area contributed by atoms with Crippen LogP contribution in [0.3, 0.4) is 0 Å². The third-order valence-corrected chi connectivity index (χ3v) is 3.55. The third kappa shape index (κ3) is 2.93. The Morgan fingerprint density at radius 1 is 1.21 bits per heavy atom. The van der Waals surface area contributed by atoms with Gasteiger partial charge >= 0.3 is 7.12 Å². The molecule has 2 heterocycles. The molecule has 0 aliphatic carbocycles. The van der Waals surface area contributed by atoms with Gasteiger partial charge in [-0.15, -0.1) is 0 Å². The molecular weight excluding hydrogens is 245 g/mol. The van der Waals surface area contributed by atoms with Crippen LogP contribution < -0.4 is 5.32 Å².